The molecule has 1 heterocycles. The Bertz CT molecular complexity index is 381. The molecule has 5 nitrogen and oxygen atoms in total. The Morgan fingerprint density at radius 2 is 2.11 bits per heavy atom. The van der Waals surface area contributed by atoms with E-state index in [1.807, 2.05) is 20.8 Å². The molecule has 0 unspecified atom stereocenters. The number of thioether (sulfide) groups is 1. The fourth-order valence-electron chi connectivity index (χ4n) is 1.17. The first-order valence-electron chi connectivity index (χ1n) is 6.07. The topological polar surface area (TPSA) is 66.9 Å². The van der Waals surface area contributed by atoms with E-state index < -0.39 is 0 Å². The van der Waals surface area contributed by atoms with Gasteiger partial charge >= 0.3 is 0 Å². The minimum absolute atomic E-state index is 0.0354. The highest BCUT2D eigenvalue weighted by Gasteiger charge is 2.17. The Labute approximate surface area is 116 Å². The molecule has 0 aliphatic rings. The van der Waals surface area contributed by atoms with Gasteiger partial charge in [-0.25, -0.2) is 0 Å². The number of amides is 1. The molecule has 0 saturated heterocycles. The molecule has 2 N–H and O–H groups in total. The van der Waals surface area contributed by atoms with Crippen LogP contribution in [0.3, 0.4) is 0 Å². The van der Waals surface area contributed by atoms with E-state index in [2.05, 4.69) is 27.8 Å². The molecule has 0 aliphatic carbocycles. The first-order chi connectivity index (χ1) is 8.52. The van der Waals surface area contributed by atoms with Crippen LogP contribution in [-0.2, 0) is 4.79 Å². The zero-order valence-corrected chi connectivity index (χ0v) is 12.8. The number of nitrogens with zero attached hydrogens (tertiary/aromatic N) is 2. The average molecular weight is 288 g/mol. The van der Waals surface area contributed by atoms with Gasteiger partial charge in [0.25, 0.3) is 0 Å². The van der Waals surface area contributed by atoms with Gasteiger partial charge in [0.05, 0.1) is 5.25 Å². The van der Waals surface area contributed by atoms with E-state index in [0.29, 0.717) is 0 Å². The van der Waals surface area contributed by atoms with E-state index in [1.165, 1.54) is 23.1 Å². The summed E-state index contributed by atoms with van der Waals surface area (Å²) in [4.78, 5) is 11.7. The molecule has 18 heavy (non-hydrogen) atoms. The van der Waals surface area contributed by atoms with Crippen molar-refractivity contribution in [2.24, 2.45) is 0 Å². The maximum absolute atomic E-state index is 11.7. The van der Waals surface area contributed by atoms with Crippen LogP contribution >= 0.6 is 23.1 Å². The van der Waals surface area contributed by atoms with Gasteiger partial charge in [-0.15, -0.1) is 10.2 Å². The second kappa shape index (κ2) is 7.58. The van der Waals surface area contributed by atoms with Crippen molar-refractivity contribution in [3.8, 4) is 0 Å². The average Bonchev–Trinajstić information content (AvgIpc) is 2.73. The third kappa shape index (κ3) is 5.22. The third-order valence-electron chi connectivity index (χ3n) is 2.01. The molecule has 0 radical (unpaired) electrons. The second-order valence-corrected chi connectivity index (χ2v) is 6.79. The summed E-state index contributed by atoms with van der Waals surface area (Å²) in [5, 5.41) is 14.8. The highest BCUT2D eigenvalue weighted by atomic mass is 32.2. The lowest BCUT2D eigenvalue weighted by Gasteiger charge is -2.12. The van der Waals surface area contributed by atoms with Gasteiger partial charge in [0.2, 0.25) is 11.0 Å². The number of hydrogen-bond donors (Lipinski definition) is 2. The molecule has 1 aromatic rings. The molecule has 0 spiro atoms. The van der Waals surface area contributed by atoms with Crippen molar-refractivity contribution < 1.29 is 4.79 Å². The standard InChI is InChI=1S/C11H20N4OS2/c1-5-6-12-10-14-15-11(18-10)17-8(4)9(16)13-7(2)3/h7-8H,5-6H2,1-4H3,(H,12,14)(H,13,16)/t8-/m0/s1. The highest BCUT2D eigenvalue weighted by molar-refractivity contribution is 8.02. The fourth-order valence-corrected chi connectivity index (χ4v) is 3.10. The third-order valence-corrected chi connectivity index (χ3v) is 4.08. The van der Waals surface area contributed by atoms with Crippen LogP contribution < -0.4 is 10.6 Å². The number of anilines is 1. The molecular formula is C11H20N4OS2. The maximum Gasteiger partial charge on any atom is 0.233 e. The van der Waals surface area contributed by atoms with Crippen molar-refractivity contribution in [3.05, 3.63) is 0 Å². The van der Waals surface area contributed by atoms with E-state index in [1.54, 1.807) is 0 Å². The van der Waals surface area contributed by atoms with Gasteiger partial charge in [0.1, 0.15) is 0 Å². The Morgan fingerprint density at radius 1 is 1.39 bits per heavy atom. The second-order valence-electron chi connectivity index (χ2n) is 4.22. The molecule has 1 amide bonds. The summed E-state index contributed by atoms with van der Waals surface area (Å²) in [6.07, 6.45) is 1.05. The zero-order chi connectivity index (χ0) is 13.5. The molecule has 1 rings (SSSR count). The lowest BCUT2D eigenvalue weighted by Crippen LogP contribution is -2.35. The smallest absolute Gasteiger partial charge is 0.233 e. The Morgan fingerprint density at radius 3 is 2.72 bits per heavy atom. The van der Waals surface area contributed by atoms with E-state index in [9.17, 15) is 4.79 Å². The first kappa shape index (κ1) is 15.2. The van der Waals surface area contributed by atoms with Crippen LogP contribution in [0.5, 0.6) is 0 Å². The molecule has 0 bridgehead atoms. The largest absolute Gasteiger partial charge is 0.360 e. The van der Waals surface area contributed by atoms with Crippen molar-refractivity contribution in [2.45, 2.75) is 49.7 Å². The molecule has 0 fully saturated rings. The zero-order valence-electron chi connectivity index (χ0n) is 11.2. The minimum atomic E-state index is -0.153. The van der Waals surface area contributed by atoms with Crippen LogP contribution in [0, 0.1) is 0 Å². The van der Waals surface area contributed by atoms with Crippen molar-refractivity contribution in [1.82, 2.24) is 15.5 Å². The van der Waals surface area contributed by atoms with Crippen molar-refractivity contribution >= 4 is 34.1 Å². The predicted molar refractivity (Wildman–Crippen MR) is 77.3 cm³/mol. The Balaban J connectivity index is 2.46. The normalized spacial score (nSPS) is 12.5. The summed E-state index contributed by atoms with van der Waals surface area (Å²) in [6.45, 7) is 8.77. The van der Waals surface area contributed by atoms with Gasteiger partial charge in [-0.2, -0.15) is 0 Å². The number of carbonyl (C=O) groups excluding carboxylic acids is 1. The monoisotopic (exact) mass is 288 g/mol. The summed E-state index contributed by atoms with van der Waals surface area (Å²) in [6, 6.07) is 0.164. The molecule has 1 aromatic heterocycles. The molecule has 7 heteroatoms. The molecule has 0 saturated carbocycles. The number of aromatic nitrogens is 2. The van der Waals surface area contributed by atoms with E-state index in [0.717, 1.165) is 22.4 Å². The van der Waals surface area contributed by atoms with Gasteiger partial charge in [-0.1, -0.05) is 30.0 Å². The minimum Gasteiger partial charge on any atom is -0.360 e. The molecule has 0 aliphatic heterocycles. The van der Waals surface area contributed by atoms with E-state index >= 15 is 0 Å². The van der Waals surface area contributed by atoms with Crippen LogP contribution in [0.4, 0.5) is 5.13 Å². The van der Waals surface area contributed by atoms with Gasteiger partial charge < -0.3 is 10.6 Å². The maximum atomic E-state index is 11.7. The number of carbonyl (C=O) groups is 1. The SMILES string of the molecule is CCCNc1nnc(S[C@@H](C)C(=O)NC(C)C)s1. The summed E-state index contributed by atoms with van der Waals surface area (Å²) in [5.74, 6) is 0.0354. The van der Waals surface area contributed by atoms with E-state index in [4.69, 9.17) is 0 Å². The molecule has 0 aromatic carbocycles. The van der Waals surface area contributed by atoms with Gasteiger partial charge in [0.15, 0.2) is 4.34 Å². The number of rotatable bonds is 7. The number of hydrogen-bond acceptors (Lipinski definition) is 6. The highest BCUT2D eigenvalue weighted by Crippen LogP contribution is 2.28. The summed E-state index contributed by atoms with van der Waals surface area (Å²) in [5.41, 5.74) is 0. The van der Waals surface area contributed by atoms with Crippen LogP contribution in [0.25, 0.3) is 0 Å². The van der Waals surface area contributed by atoms with Crippen molar-refractivity contribution in [1.29, 1.82) is 0 Å². The quantitative estimate of drug-likeness (QED) is 0.754. The van der Waals surface area contributed by atoms with Gasteiger partial charge in [-0.05, 0) is 27.2 Å². The summed E-state index contributed by atoms with van der Waals surface area (Å²) >= 11 is 2.93. The molecule has 1 atom stereocenters. The van der Waals surface area contributed by atoms with Crippen molar-refractivity contribution in [3.63, 3.8) is 0 Å². The Hall–Kier alpha value is -0.820. The first-order valence-corrected chi connectivity index (χ1v) is 7.77. The van der Waals surface area contributed by atoms with Crippen LogP contribution in [0.15, 0.2) is 4.34 Å². The van der Waals surface area contributed by atoms with Crippen LogP contribution in [0.1, 0.15) is 34.1 Å². The predicted octanol–water partition coefficient (Wildman–Crippen LogP) is 2.37. The lowest BCUT2D eigenvalue weighted by molar-refractivity contribution is -0.120. The number of nitrogens with one attached hydrogen (secondary N) is 2. The summed E-state index contributed by atoms with van der Waals surface area (Å²) in [7, 11) is 0. The van der Waals surface area contributed by atoms with Crippen LogP contribution in [-0.4, -0.2) is 33.9 Å². The molecular weight excluding hydrogens is 268 g/mol. The fraction of sp³-hybridized carbons (Fsp3) is 0.727. The van der Waals surface area contributed by atoms with E-state index in [-0.39, 0.29) is 17.2 Å². The molecule has 102 valence electrons. The van der Waals surface area contributed by atoms with Gasteiger partial charge in [-0.3, -0.25) is 4.79 Å². The lowest BCUT2D eigenvalue weighted by atomic mass is 10.3. The van der Waals surface area contributed by atoms with Gasteiger partial charge in [0, 0.05) is 12.6 Å². The summed E-state index contributed by atoms with van der Waals surface area (Å²) < 4.78 is 0.819. The van der Waals surface area contributed by atoms with Crippen molar-refractivity contribution in [2.75, 3.05) is 11.9 Å². The van der Waals surface area contributed by atoms with Crippen LogP contribution in [0.2, 0.25) is 0 Å². The Kier molecular flexibility index (Phi) is 6.42.